The molecule has 0 bridgehead atoms. The highest BCUT2D eigenvalue weighted by Crippen LogP contribution is 2.30. The summed E-state index contributed by atoms with van der Waals surface area (Å²) in [6.07, 6.45) is -5.33. The second-order valence-corrected chi connectivity index (χ2v) is 5.90. The summed E-state index contributed by atoms with van der Waals surface area (Å²) >= 11 is 1.77. The predicted octanol–water partition coefficient (Wildman–Crippen LogP) is -1.78. The highest BCUT2D eigenvalue weighted by atomic mass is 127. The van der Waals surface area contributed by atoms with Gasteiger partial charge in [-0.05, 0) is 29.5 Å². The van der Waals surface area contributed by atoms with E-state index in [4.69, 9.17) is 9.47 Å². The van der Waals surface area contributed by atoms with Gasteiger partial charge in [0.25, 0.3) is 5.56 Å². The van der Waals surface area contributed by atoms with Gasteiger partial charge in [-0.25, -0.2) is 0 Å². The van der Waals surface area contributed by atoms with Crippen molar-refractivity contribution in [3.63, 3.8) is 0 Å². The number of hydrogen-bond acceptors (Lipinski definition) is 8. The number of halogens is 1. The molecule has 5 atom stereocenters. The maximum Gasteiger partial charge on any atom is 0.301 e. The van der Waals surface area contributed by atoms with Crippen molar-refractivity contribution in [2.75, 3.05) is 13.2 Å². The Hall–Kier alpha value is -0.790. The summed E-state index contributed by atoms with van der Waals surface area (Å²) in [7, 11) is 0. The average Bonchev–Trinajstić information content (AvgIpc) is 2.49. The van der Waals surface area contributed by atoms with E-state index in [2.05, 4.69) is 4.98 Å². The Balaban J connectivity index is 2.45. The van der Waals surface area contributed by atoms with Crippen LogP contribution in [0.5, 0.6) is 6.01 Å². The lowest BCUT2D eigenvalue weighted by atomic mass is 9.98. The Morgan fingerprint density at radius 1 is 1.36 bits per heavy atom. The molecule has 1 aliphatic heterocycles. The lowest BCUT2D eigenvalue weighted by Gasteiger charge is -2.40. The number of aromatic nitrogens is 2. The third-order valence-corrected chi connectivity index (χ3v) is 4.03. The van der Waals surface area contributed by atoms with Gasteiger partial charge in [-0.3, -0.25) is 9.36 Å². The van der Waals surface area contributed by atoms with Crippen LogP contribution in [0.15, 0.2) is 11.0 Å². The van der Waals surface area contributed by atoms with E-state index in [0.717, 1.165) is 0 Å². The first-order valence-corrected chi connectivity index (χ1v) is 7.70. The van der Waals surface area contributed by atoms with Gasteiger partial charge in [0, 0.05) is 6.20 Å². The summed E-state index contributed by atoms with van der Waals surface area (Å²) in [4.78, 5) is 15.4. The molecule has 2 rings (SSSR count). The maximum absolute atomic E-state index is 11.6. The molecule has 4 N–H and O–H groups in total. The molecule has 2 heterocycles. The topological polar surface area (TPSA) is 134 Å². The monoisotopic (exact) mass is 428 g/mol. The first-order chi connectivity index (χ1) is 10.4. The molecular formula is C12H17IN2O7. The molecule has 22 heavy (non-hydrogen) atoms. The van der Waals surface area contributed by atoms with E-state index in [-0.39, 0.29) is 16.2 Å². The molecular weight excluding hydrogens is 411 g/mol. The van der Waals surface area contributed by atoms with E-state index < -0.39 is 42.8 Å². The Kier molecular flexibility index (Phi) is 5.74. The van der Waals surface area contributed by atoms with Crippen LogP contribution in [-0.2, 0) is 4.74 Å². The molecule has 0 aromatic carbocycles. The van der Waals surface area contributed by atoms with E-state index in [9.17, 15) is 25.2 Å². The smallest absolute Gasteiger partial charge is 0.301 e. The van der Waals surface area contributed by atoms with Crippen LogP contribution in [0, 0.1) is 3.57 Å². The van der Waals surface area contributed by atoms with Crippen molar-refractivity contribution in [1.82, 2.24) is 9.55 Å². The summed E-state index contributed by atoms with van der Waals surface area (Å²) in [5.41, 5.74) is -0.495. The maximum atomic E-state index is 11.6. The van der Waals surface area contributed by atoms with Crippen LogP contribution in [-0.4, -0.2) is 67.6 Å². The van der Waals surface area contributed by atoms with Gasteiger partial charge in [-0.2, -0.15) is 4.98 Å². The van der Waals surface area contributed by atoms with Crippen molar-refractivity contribution in [3.05, 3.63) is 20.1 Å². The summed E-state index contributed by atoms with van der Waals surface area (Å²) in [6.45, 7) is 1.38. The number of aliphatic hydroxyl groups excluding tert-OH is 4. The minimum atomic E-state index is -1.53. The molecule has 0 amide bonds. The van der Waals surface area contributed by atoms with Crippen molar-refractivity contribution >= 4 is 22.6 Å². The molecule has 124 valence electrons. The Labute approximate surface area is 139 Å². The van der Waals surface area contributed by atoms with Crippen LogP contribution in [0.25, 0.3) is 0 Å². The van der Waals surface area contributed by atoms with Crippen LogP contribution >= 0.6 is 22.6 Å². The van der Waals surface area contributed by atoms with Crippen LogP contribution in [0.2, 0.25) is 0 Å². The summed E-state index contributed by atoms with van der Waals surface area (Å²) < 4.78 is 12.2. The van der Waals surface area contributed by atoms with Crippen molar-refractivity contribution < 1.29 is 29.9 Å². The molecule has 1 aromatic rings. The van der Waals surface area contributed by atoms with Crippen LogP contribution in [0.1, 0.15) is 13.2 Å². The highest BCUT2D eigenvalue weighted by molar-refractivity contribution is 14.1. The fraction of sp³-hybridized carbons (Fsp3) is 0.667. The summed E-state index contributed by atoms with van der Waals surface area (Å²) in [6, 6.07) is -0.0859. The van der Waals surface area contributed by atoms with E-state index in [0.29, 0.717) is 0 Å². The molecule has 1 aromatic heterocycles. The van der Waals surface area contributed by atoms with Gasteiger partial charge >= 0.3 is 6.01 Å². The number of hydrogen-bond donors (Lipinski definition) is 4. The van der Waals surface area contributed by atoms with E-state index in [1.807, 2.05) is 0 Å². The van der Waals surface area contributed by atoms with Crippen molar-refractivity contribution in [2.45, 2.75) is 37.6 Å². The number of ether oxygens (including phenoxy) is 2. The highest BCUT2D eigenvalue weighted by Gasteiger charge is 2.44. The summed E-state index contributed by atoms with van der Waals surface area (Å²) in [5.74, 6) is 0. The molecule has 0 spiro atoms. The van der Waals surface area contributed by atoms with Crippen molar-refractivity contribution in [2.24, 2.45) is 0 Å². The van der Waals surface area contributed by atoms with E-state index >= 15 is 0 Å². The third kappa shape index (κ3) is 3.26. The largest absolute Gasteiger partial charge is 0.465 e. The zero-order valence-corrected chi connectivity index (χ0v) is 13.8. The Bertz CT molecular complexity index is 579. The van der Waals surface area contributed by atoms with Crippen LogP contribution < -0.4 is 10.3 Å². The van der Waals surface area contributed by atoms with Crippen molar-refractivity contribution in [1.29, 1.82) is 0 Å². The fourth-order valence-electron chi connectivity index (χ4n) is 2.16. The van der Waals surface area contributed by atoms with Gasteiger partial charge in [0.15, 0.2) is 6.23 Å². The SMILES string of the molecule is CCOc1nc(=O)c(I)cn1[C@@H]1O[C@H](CO)[C@@H](O)[C@H](O)[C@H]1O. The molecule has 1 aliphatic rings. The normalized spacial score (nSPS) is 32.0. The number of nitrogens with zero attached hydrogens (tertiary/aromatic N) is 2. The van der Waals surface area contributed by atoms with Gasteiger partial charge in [-0.15, -0.1) is 0 Å². The predicted molar refractivity (Wildman–Crippen MR) is 81.4 cm³/mol. The van der Waals surface area contributed by atoms with E-state index in [1.54, 1.807) is 29.5 Å². The molecule has 1 saturated heterocycles. The molecule has 0 unspecified atom stereocenters. The quantitative estimate of drug-likeness (QED) is 0.414. The first kappa shape index (κ1) is 17.6. The van der Waals surface area contributed by atoms with Gasteiger partial charge in [0.1, 0.15) is 24.4 Å². The van der Waals surface area contributed by atoms with Gasteiger partial charge in [0.2, 0.25) is 0 Å². The molecule has 0 saturated carbocycles. The van der Waals surface area contributed by atoms with Crippen molar-refractivity contribution in [3.8, 4) is 6.01 Å². The molecule has 9 nitrogen and oxygen atoms in total. The Morgan fingerprint density at radius 2 is 2.05 bits per heavy atom. The second-order valence-electron chi connectivity index (χ2n) is 4.74. The fourth-order valence-corrected chi connectivity index (χ4v) is 2.58. The lowest BCUT2D eigenvalue weighted by Crippen LogP contribution is -2.56. The van der Waals surface area contributed by atoms with Gasteiger partial charge in [0.05, 0.1) is 16.8 Å². The first-order valence-electron chi connectivity index (χ1n) is 6.62. The van der Waals surface area contributed by atoms with Gasteiger partial charge < -0.3 is 29.9 Å². The minimum absolute atomic E-state index is 0.0859. The average molecular weight is 428 g/mol. The third-order valence-electron chi connectivity index (χ3n) is 3.29. The van der Waals surface area contributed by atoms with Gasteiger partial charge in [-0.1, -0.05) is 0 Å². The number of aliphatic hydroxyl groups is 4. The lowest BCUT2D eigenvalue weighted by molar-refractivity contribution is -0.252. The summed E-state index contributed by atoms with van der Waals surface area (Å²) in [5, 5.41) is 39.0. The zero-order chi connectivity index (χ0) is 16.4. The molecule has 0 aliphatic carbocycles. The zero-order valence-electron chi connectivity index (χ0n) is 11.7. The second kappa shape index (κ2) is 7.19. The van der Waals surface area contributed by atoms with Crippen LogP contribution in [0.3, 0.4) is 0 Å². The Morgan fingerprint density at radius 3 is 2.64 bits per heavy atom. The molecule has 10 heteroatoms. The molecule has 1 fully saturated rings. The minimum Gasteiger partial charge on any atom is -0.465 e. The number of rotatable bonds is 4. The van der Waals surface area contributed by atoms with Crippen LogP contribution in [0.4, 0.5) is 0 Å². The molecule has 0 radical (unpaired) electrons. The standard InChI is InChI=1S/C12H17IN2O7/c1-2-21-12-14-10(20)5(13)3-15(12)11-9(19)8(18)7(17)6(4-16)22-11/h3,6-9,11,16-19H,2,4H2,1H3/t6-,7-,8+,9-,11-/m1/s1. The van der Waals surface area contributed by atoms with E-state index in [1.165, 1.54) is 10.8 Å².